The molecule has 0 aliphatic heterocycles. The number of carbonyl (C=O) groups excluding carboxylic acids is 1. The van der Waals surface area contributed by atoms with Gasteiger partial charge >= 0.3 is 0 Å². The highest BCUT2D eigenvalue weighted by molar-refractivity contribution is 9.10. The van der Waals surface area contributed by atoms with E-state index >= 15 is 0 Å². The Morgan fingerprint density at radius 3 is 2.59 bits per heavy atom. The van der Waals surface area contributed by atoms with Crippen molar-refractivity contribution >= 4 is 39.3 Å². The SMILES string of the molecule is COc1cc(/C=C/C(=O)Nc2ccc(C)cc2[N+](=O)[O-])cc(Br)c1OCc1ccccc1. The second kappa shape index (κ2) is 10.6. The van der Waals surface area contributed by atoms with Gasteiger partial charge in [-0.25, -0.2) is 0 Å². The zero-order valence-corrected chi connectivity index (χ0v) is 19.1. The molecule has 0 aliphatic carbocycles. The molecule has 0 bridgehead atoms. The molecule has 3 rings (SSSR count). The number of anilines is 1. The zero-order valence-electron chi connectivity index (χ0n) is 17.5. The van der Waals surface area contributed by atoms with Crippen molar-refractivity contribution in [2.75, 3.05) is 12.4 Å². The first-order valence-corrected chi connectivity index (χ1v) is 10.4. The van der Waals surface area contributed by atoms with Gasteiger partial charge in [-0.05, 0) is 63.8 Å². The molecule has 0 aliphatic rings. The van der Waals surface area contributed by atoms with Crippen LogP contribution < -0.4 is 14.8 Å². The van der Waals surface area contributed by atoms with E-state index < -0.39 is 10.8 Å². The van der Waals surface area contributed by atoms with E-state index in [0.717, 1.165) is 11.1 Å². The molecular weight excluding hydrogens is 476 g/mol. The molecule has 3 aromatic rings. The Labute approximate surface area is 194 Å². The number of nitro benzene ring substituents is 1. The summed E-state index contributed by atoms with van der Waals surface area (Å²) in [7, 11) is 1.54. The molecule has 8 heteroatoms. The summed E-state index contributed by atoms with van der Waals surface area (Å²) in [6, 6.07) is 17.9. The Morgan fingerprint density at radius 2 is 1.91 bits per heavy atom. The minimum Gasteiger partial charge on any atom is -0.493 e. The van der Waals surface area contributed by atoms with Gasteiger partial charge < -0.3 is 14.8 Å². The molecule has 0 unspecified atom stereocenters. The maximum Gasteiger partial charge on any atom is 0.293 e. The van der Waals surface area contributed by atoms with Crippen LogP contribution in [0.1, 0.15) is 16.7 Å². The molecule has 164 valence electrons. The average molecular weight is 497 g/mol. The zero-order chi connectivity index (χ0) is 23.1. The van der Waals surface area contributed by atoms with Crippen molar-refractivity contribution in [2.45, 2.75) is 13.5 Å². The van der Waals surface area contributed by atoms with Crippen LogP contribution >= 0.6 is 15.9 Å². The van der Waals surface area contributed by atoms with E-state index in [2.05, 4.69) is 21.2 Å². The number of methoxy groups -OCH3 is 1. The number of ether oxygens (including phenoxy) is 2. The van der Waals surface area contributed by atoms with Gasteiger partial charge in [0.2, 0.25) is 5.91 Å². The van der Waals surface area contributed by atoms with E-state index in [4.69, 9.17) is 9.47 Å². The lowest BCUT2D eigenvalue weighted by Gasteiger charge is -2.13. The van der Waals surface area contributed by atoms with Crippen molar-refractivity contribution in [2.24, 2.45) is 0 Å². The highest BCUT2D eigenvalue weighted by Crippen LogP contribution is 2.37. The van der Waals surface area contributed by atoms with E-state index in [9.17, 15) is 14.9 Å². The van der Waals surface area contributed by atoms with Gasteiger partial charge in [-0.15, -0.1) is 0 Å². The summed E-state index contributed by atoms with van der Waals surface area (Å²) >= 11 is 3.49. The predicted octanol–water partition coefficient (Wildman–Crippen LogP) is 5.91. The first-order chi connectivity index (χ1) is 15.4. The molecule has 0 aromatic heterocycles. The van der Waals surface area contributed by atoms with Gasteiger partial charge in [0.15, 0.2) is 11.5 Å². The summed E-state index contributed by atoms with van der Waals surface area (Å²) in [4.78, 5) is 23.0. The van der Waals surface area contributed by atoms with Crippen molar-refractivity contribution in [3.05, 3.63) is 98.0 Å². The number of amides is 1. The number of rotatable bonds is 8. The van der Waals surface area contributed by atoms with E-state index in [1.807, 2.05) is 30.3 Å². The van der Waals surface area contributed by atoms with Crippen molar-refractivity contribution in [1.29, 1.82) is 0 Å². The van der Waals surface area contributed by atoms with Gasteiger partial charge in [-0.2, -0.15) is 0 Å². The standard InChI is InChI=1S/C24H21BrN2O5/c1-16-8-10-20(21(12-16)27(29)30)26-23(28)11-9-18-13-19(25)24(22(14-18)31-2)32-15-17-6-4-3-5-7-17/h3-14H,15H2,1-2H3,(H,26,28)/b11-9+. The van der Waals surface area contributed by atoms with Crippen LogP contribution in [0, 0.1) is 17.0 Å². The second-order valence-corrected chi connectivity index (χ2v) is 7.76. The largest absolute Gasteiger partial charge is 0.493 e. The van der Waals surface area contributed by atoms with Gasteiger partial charge in [0.1, 0.15) is 12.3 Å². The molecule has 0 saturated heterocycles. The van der Waals surface area contributed by atoms with E-state index in [0.29, 0.717) is 28.1 Å². The third-order valence-electron chi connectivity index (χ3n) is 4.51. The van der Waals surface area contributed by atoms with Crippen LogP contribution in [0.4, 0.5) is 11.4 Å². The average Bonchev–Trinajstić information content (AvgIpc) is 2.78. The van der Waals surface area contributed by atoms with Crippen LogP contribution in [0.3, 0.4) is 0 Å². The molecule has 0 saturated carbocycles. The van der Waals surface area contributed by atoms with Crippen LogP contribution in [-0.4, -0.2) is 17.9 Å². The predicted molar refractivity (Wildman–Crippen MR) is 127 cm³/mol. The molecular formula is C24H21BrN2O5. The van der Waals surface area contributed by atoms with E-state index in [1.54, 1.807) is 31.2 Å². The molecule has 0 spiro atoms. The van der Waals surface area contributed by atoms with Gasteiger partial charge in [-0.3, -0.25) is 14.9 Å². The molecule has 0 atom stereocenters. The van der Waals surface area contributed by atoms with Crippen molar-refractivity contribution in [1.82, 2.24) is 0 Å². The highest BCUT2D eigenvalue weighted by Gasteiger charge is 2.15. The number of hydrogen-bond donors (Lipinski definition) is 1. The third-order valence-corrected chi connectivity index (χ3v) is 5.10. The number of nitrogens with zero attached hydrogens (tertiary/aromatic N) is 1. The van der Waals surface area contributed by atoms with E-state index in [-0.39, 0.29) is 11.4 Å². The fraction of sp³-hybridized carbons (Fsp3) is 0.125. The van der Waals surface area contributed by atoms with Crippen LogP contribution in [0.15, 0.2) is 71.2 Å². The van der Waals surface area contributed by atoms with Crippen LogP contribution in [0.2, 0.25) is 0 Å². The first-order valence-electron chi connectivity index (χ1n) is 9.65. The molecule has 0 heterocycles. The lowest BCUT2D eigenvalue weighted by atomic mass is 10.1. The summed E-state index contributed by atoms with van der Waals surface area (Å²) < 4.78 is 12.0. The number of nitro groups is 1. The fourth-order valence-electron chi connectivity index (χ4n) is 2.95. The number of nitrogens with one attached hydrogen (secondary N) is 1. The van der Waals surface area contributed by atoms with Crippen molar-refractivity contribution < 1.29 is 19.2 Å². The smallest absolute Gasteiger partial charge is 0.293 e. The topological polar surface area (TPSA) is 90.7 Å². The molecule has 1 amide bonds. The molecule has 0 fully saturated rings. The number of carbonyl (C=O) groups is 1. The number of hydrogen-bond acceptors (Lipinski definition) is 5. The molecule has 0 radical (unpaired) electrons. The van der Waals surface area contributed by atoms with Gasteiger partial charge in [0.25, 0.3) is 5.69 Å². The minimum absolute atomic E-state index is 0.138. The second-order valence-electron chi connectivity index (χ2n) is 6.91. The quantitative estimate of drug-likeness (QED) is 0.238. The Kier molecular flexibility index (Phi) is 7.62. The number of benzene rings is 3. The van der Waals surface area contributed by atoms with Crippen molar-refractivity contribution in [3.63, 3.8) is 0 Å². The number of aryl methyl sites for hydroxylation is 1. The Hall–Kier alpha value is -3.65. The maximum absolute atomic E-state index is 12.3. The summed E-state index contributed by atoms with van der Waals surface area (Å²) in [6.07, 6.45) is 2.89. The fourth-order valence-corrected chi connectivity index (χ4v) is 3.52. The molecule has 1 N–H and O–H groups in total. The molecule has 7 nitrogen and oxygen atoms in total. The van der Waals surface area contributed by atoms with Gasteiger partial charge in [-0.1, -0.05) is 36.4 Å². The summed E-state index contributed by atoms with van der Waals surface area (Å²) in [5, 5.41) is 13.8. The minimum atomic E-state index is -0.525. The summed E-state index contributed by atoms with van der Waals surface area (Å²) in [5.41, 5.74) is 2.42. The molecule has 32 heavy (non-hydrogen) atoms. The monoisotopic (exact) mass is 496 g/mol. The lowest BCUT2D eigenvalue weighted by Crippen LogP contribution is -2.09. The van der Waals surface area contributed by atoms with Crippen LogP contribution in [0.5, 0.6) is 11.5 Å². The van der Waals surface area contributed by atoms with Crippen molar-refractivity contribution in [3.8, 4) is 11.5 Å². The lowest BCUT2D eigenvalue weighted by molar-refractivity contribution is -0.384. The van der Waals surface area contributed by atoms with Crippen LogP contribution in [-0.2, 0) is 11.4 Å². The Morgan fingerprint density at radius 1 is 1.16 bits per heavy atom. The third kappa shape index (κ3) is 5.95. The van der Waals surface area contributed by atoms with Gasteiger partial charge in [0.05, 0.1) is 16.5 Å². The first kappa shape index (κ1) is 23.0. The summed E-state index contributed by atoms with van der Waals surface area (Å²) in [5.74, 6) is 0.564. The Balaban J connectivity index is 1.74. The normalized spacial score (nSPS) is 10.7. The van der Waals surface area contributed by atoms with Crippen LogP contribution in [0.25, 0.3) is 6.08 Å². The number of halogens is 1. The van der Waals surface area contributed by atoms with E-state index in [1.165, 1.54) is 25.3 Å². The molecule has 3 aromatic carbocycles. The van der Waals surface area contributed by atoms with Gasteiger partial charge in [0, 0.05) is 12.1 Å². The Bertz CT molecular complexity index is 1160. The summed E-state index contributed by atoms with van der Waals surface area (Å²) in [6.45, 7) is 2.12. The maximum atomic E-state index is 12.3. The highest BCUT2D eigenvalue weighted by atomic mass is 79.9.